The van der Waals surface area contributed by atoms with Gasteiger partial charge < -0.3 is 10.1 Å². The molecule has 2 N–H and O–H groups in total. The van der Waals surface area contributed by atoms with Gasteiger partial charge in [0.25, 0.3) is 0 Å². The minimum atomic E-state index is 0.666. The molecule has 0 amide bonds. The topological polar surface area (TPSA) is 105 Å². The molecule has 1 aliphatic rings. The van der Waals surface area contributed by atoms with Gasteiger partial charge in [0.15, 0.2) is 5.82 Å². The molecule has 150 valence electrons. The van der Waals surface area contributed by atoms with E-state index in [-0.39, 0.29) is 0 Å². The third-order valence-electron chi connectivity index (χ3n) is 4.77. The largest absolute Gasteiger partial charge is 0.379 e. The molecule has 5 heterocycles. The Morgan fingerprint density at radius 2 is 2.10 bits per heavy atom. The van der Waals surface area contributed by atoms with Gasteiger partial charge in [0.1, 0.15) is 16.5 Å². The molecule has 1 saturated heterocycles. The number of H-pyrrole nitrogens is 1. The number of aromatic nitrogens is 6. The minimum Gasteiger partial charge on any atom is -0.379 e. The number of tetrazole rings is 1. The average molecular weight is 429 g/mol. The van der Waals surface area contributed by atoms with Gasteiger partial charge in [-0.25, -0.2) is 9.97 Å². The molecule has 0 aromatic carbocycles. The van der Waals surface area contributed by atoms with Gasteiger partial charge >= 0.3 is 0 Å². The predicted octanol–water partition coefficient (Wildman–Crippen LogP) is 2.42. The van der Waals surface area contributed by atoms with Crippen molar-refractivity contribution in [1.82, 2.24) is 35.5 Å². The van der Waals surface area contributed by atoms with Crippen molar-refractivity contribution in [3.63, 3.8) is 0 Å². The first-order valence-corrected chi connectivity index (χ1v) is 11.2. The zero-order valence-electron chi connectivity index (χ0n) is 15.7. The van der Waals surface area contributed by atoms with Crippen LogP contribution >= 0.6 is 22.7 Å². The first kappa shape index (κ1) is 18.6. The normalized spacial score (nSPS) is 15.2. The second-order valence-electron chi connectivity index (χ2n) is 6.69. The Morgan fingerprint density at radius 3 is 2.90 bits per heavy atom. The SMILES string of the molecule is c1csc(-c2csc3nc(CN4CCOCC4)nc(NCCc4nn[nH]n4)c23)c1. The van der Waals surface area contributed by atoms with Crippen LogP contribution in [0.2, 0.25) is 0 Å². The van der Waals surface area contributed by atoms with Crippen LogP contribution in [0.15, 0.2) is 22.9 Å². The van der Waals surface area contributed by atoms with E-state index in [4.69, 9.17) is 14.7 Å². The molecule has 1 aliphatic heterocycles. The van der Waals surface area contributed by atoms with Crippen LogP contribution in [-0.4, -0.2) is 68.3 Å². The van der Waals surface area contributed by atoms with Crippen LogP contribution in [0, 0.1) is 0 Å². The molecule has 0 atom stereocenters. The maximum absolute atomic E-state index is 5.45. The van der Waals surface area contributed by atoms with Crippen LogP contribution in [0.5, 0.6) is 0 Å². The van der Waals surface area contributed by atoms with E-state index < -0.39 is 0 Å². The van der Waals surface area contributed by atoms with Crippen LogP contribution in [0.25, 0.3) is 20.7 Å². The van der Waals surface area contributed by atoms with Gasteiger partial charge in [0.2, 0.25) is 0 Å². The molecule has 0 aliphatic carbocycles. The van der Waals surface area contributed by atoms with Crippen molar-refractivity contribution in [3.8, 4) is 10.4 Å². The quantitative estimate of drug-likeness (QED) is 0.462. The third kappa shape index (κ3) is 4.13. The summed E-state index contributed by atoms with van der Waals surface area (Å²) >= 11 is 3.39. The lowest BCUT2D eigenvalue weighted by molar-refractivity contribution is 0.0331. The Morgan fingerprint density at radius 1 is 1.17 bits per heavy atom. The molecule has 4 aromatic rings. The van der Waals surface area contributed by atoms with E-state index in [1.807, 2.05) is 0 Å². The Hall–Kier alpha value is -2.47. The summed E-state index contributed by atoms with van der Waals surface area (Å²) < 4.78 is 5.45. The minimum absolute atomic E-state index is 0.666. The van der Waals surface area contributed by atoms with Crippen molar-refractivity contribution >= 4 is 38.7 Å². The van der Waals surface area contributed by atoms with Crippen LogP contribution in [0.3, 0.4) is 0 Å². The van der Waals surface area contributed by atoms with E-state index in [9.17, 15) is 0 Å². The van der Waals surface area contributed by atoms with Crippen LogP contribution in [0.4, 0.5) is 5.82 Å². The van der Waals surface area contributed by atoms with Gasteiger partial charge in [-0.2, -0.15) is 5.21 Å². The number of thiophene rings is 2. The van der Waals surface area contributed by atoms with Crippen molar-refractivity contribution in [2.45, 2.75) is 13.0 Å². The number of anilines is 1. The molecule has 0 unspecified atom stereocenters. The molecule has 29 heavy (non-hydrogen) atoms. The maximum Gasteiger partial charge on any atom is 0.176 e. The lowest BCUT2D eigenvalue weighted by atomic mass is 10.2. The fraction of sp³-hybridized carbons (Fsp3) is 0.389. The van der Waals surface area contributed by atoms with Gasteiger partial charge in [0, 0.05) is 41.9 Å². The molecule has 0 saturated carbocycles. The summed E-state index contributed by atoms with van der Waals surface area (Å²) in [6.07, 6.45) is 0.666. The van der Waals surface area contributed by atoms with Gasteiger partial charge in [-0.15, -0.1) is 32.9 Å². The summed E-state index contributed by atoms with van der Waals surface area (Å²) in [5.74, 6) is 2.38. The Bertz CT molecular complexity index is 1060. The summed E-state index contributed by atoms with van der Waals surface area (Å²) in [4.78, 5) is 14.3. The lowest BCUT2D eigenvalue weighted by Crippen LogP contribution is -2.36. The first-order chi connectivity index (χ1) is 14.4. The van der Waals surface area contributed by atoms with Crippen molar-refractivity contribution in [2.24, 2.45) is 0 Å². The molecule has 11 heteroatoms. The van der Waals surface area contributed by atoms with E-state index in [1.54, 1.807) is 22.7 Å². The third-order valence-corrected chi connectivity index (χ3v) is 6.54. The fourth-order valence-corrected chi connectivity index (χ4v) is 5.12. The number of nitrogens with one attached hydrogen (secondary N) is 2. The summed E-state index contributed by atoms with van der Waals surface area (Å²) in [6, 6.07) is 4.21. The summed E-state index contributed by atoms with van der Waals surface area (Å²) in [7, 11) is 0. The zero-order chi connectivity index (χ0) is 19.5. The Kier molecular flexibility index (Phi) is 5.43. The van der Waals surface area contributed by atoms with Gasteiger partial charge in [-0.05, 0) is 11.4 Å². The number of morpholine rings is 1. The highest BCUT2D eigenvalue weighted by molar-refractivity contribution is 7.18. The van der Waals surface area contributed by atoms with Gasteiger partial charge in [-0.3, -0.25) is 4.90 Å². The van der Waals surface area contributed by atoms with Crippen LogP contribution in [0.1, 0.15) is 11.6 Å². The summed E-state index contributed by atoms with van der Waals surface area (Å²) in [5.41, 5.74) is 1.18. The van der Waals surface area contributed by atoms with Crippen molar-refractivity contribution in [2.75, 3.05) is 38.2 Å². The van der Waals surface area contributed by atoms with Gasteiger partial charge in [-0.1, -0.05) is 11.3 Å². The summed E-state index contributed by atoms with van der Waals surface area (Å²) in [6.45, 7) is 4.74. The Labute approximate surface area is 175 Å². The second-order valence-corrected chi connectivity index (χ2v) is 8.49. The molecule has 4 aromatic heterocycles. The number of hydrogen-bond donors (Lipinski definition) is 2. The molecular weight excluding hydrogens is 408 g/mol. The standard InChI is InChI=1S/C18H20N8OS2/c1-2-13(28-9-1)12-11-29-18-16(12)17(19-4-3-14-22-24-25-23-14)20-15(21-18)10-26-5-7-27-8-6-26/h1-2,9,11H,3-8,10H2,(H,19,20,21)(H,22,23,24,25). The number of aromatic amines is 1. The zero-order valence-corrected chi connectivity index (χ0v) is 17.3. The fourth-order valence-electron chi connectivity index (χ4n) is 3.34. The smallest absolute Gasteiger partial charge is 0.176 e. The van der Waals surface area contributed by atoms with E-state index in [2.05, 4.69) is 53.7 Å². The van der Waals surface area contributed by atoms with E-state index in [0.29, 0.717) is 18.8 Å². The van der Waals surface area contributed by atoms with Crippen LogP contribution < -0.4 is 5.32 Å². The lowest BCUT2D eigenvalue weighted by Gasteiger charge is -2.25. The van der Waals surface area contributed by atoms with Crippen molar-refractivity contribution in [1.29, 1.82) is 0 Å². The monoisotopic (exact) mass is 428 g/mol. The maximum atomic E-state index is 5.45. The molecule has 1 fully saturated rings. The molecule has 0 bridgehead atoms. The number of hydrogen-bond acceptors (Lipinski definition) is 10. The predicted molar refractivity (Wildman–Crippen MR) is 113 cm³/mol. The summed E-state index contributed by atoms with van der Waals surface area (Å²) in [5, 5.41) is 23.0. The average Bonchev–Trinajstić information content (AvgIpc) is 3.50. The van der Waals surface area contributed by atoms with Crippen LogP contribution in [-0.2, 0) is 17.7 Å². The van der Waals surface area contributed by atoms with E-state index in [0.717, 1.165) is 54.7 Å². The highest BCUT2D eigenvalue weighted by Crippen LogP contribution is 2.39. The molecular formula is C18H20N8OS2. The highest BCUT2D eigenvalue weighted by atomic mass is 32.1. The molecule has 9 nitrogen and oxygen atoms in total. The van der Waals surface area contributed by atoms with E-state index >= 15 is 0 Å². The molecule has 0 spiro atoms. The van der Waals surface area contributed by atoms with Gasteiger partial charge in [0.05, 0.1) is 25.1 Å². The number of nitrogens with zero attached hydrogens (tertiary/aromatic N) is 6. The molecule has 5 rings (SSSR count). The van der Waals surface area contributed by atoms with E-state index in [1.165, 1.54) is 10.4 Å². The van der Waals surface area contributed by atoms with Crippen molar-refractivity contribution in [3.05, 3.63) is 34.5 Å². The number of rotatable bonds is 7. The second kappa shape index (κ2) is 8.49. The highest BCUT2D eigenvalue weighted by Gasteiger charge is 2.18. The molecule has 0 radical (unpaired) electrons. The number of ether oxygens (including phenoxy) is 1. The number of fused-ring (bicyclic) bond motifs is 1. The Balaban J connectivity index is 1.46. The first-order valence-electron chi connectivity index (χ1n) is 9.45. The van der Waals surface area contributed by atoms with Crippen molar-refractivity contribution < 1.29 is 4.74 Å².